The SMILES string of the molecule is c1ccc2sc([C@H]3CCCN3CCCN3CCOCC3)nc2c1. The van der Waals surface area contributed by atoms with E-state index in [1.807, 2.05) is 11.3 Å². The van der Waals surface area contributed by atoms with Crippen molar-refractivity contribution in [3.8, 4) is 0 Å². The second kappa shape index (κ2) is 7.26. The lowest BCUT2D eigenvalue weighted by Gasteiger charge is -2.28. The molecule has 124 valence electrons. The Labute approximate surface area is 142 Å². The molecule has 2 aliphatic rings. The number of nitrogens with zero attached hydrogens (tertiary/aromatic N) is 3. The molecule has 1 atom stereocenters. The Balaban J connectivity index is 1.36. The summed E-state index contributed by atoms with van der Waals surface area (Å²) in [6, 6.07) is 9.05. The Kier molecular flexibility index (Phi) is 4.90. The summed E-state index contributed by atoms with van der Waals surface area (Å²) in [5, 5.41) is 1.31. The maximum atomic E-state index is 5.42. The molecule has 2 aliphatic heterocycles. The van der Waals surface area contributed by atoms with Gasteiger partial charge in [-0.15, -0.1) is 11.3 Å². The molecule has 0 amide bonds. The maximum Gasteiger partial charge on any atom is 0.111 e. The minimum Gasteiger partial charge on any atom is -0.379 e. The minimum absolute atomic E-state index is 0.539. The molecule has 2 aromatic rings. The van der Waals surface area contributed by atoms with Crippen LogP contribution in [0.5, 0.6) is 0 Å². The fraction of sp³-hybridized carbons (Fsp3) is 0.611. The minimum atomic E-state index is 0.539. The smallest absolute Gasteiger partial charge is 0.111 e. The summed E-state index contributed by atoms with van der Waals surface area (Å²) in [7, 11) is 0. The van der Waals surface area contributed by atoms with Crippen LogP contribution in [0.25, 0.3) is 10.2 Å². The lowest BCUT2D eigenvalue weighted by molar-refractivity contribution is 0.0359. The predicted molar refractivity (Wildman–Crippen MR) is 95.0 cm³/mol. The first-order valence-electron chi connectivity index (χ1n) is 8.80. The van der Waals surface area contributed by atoms with Gasteiger partial charge >= 0.3 is 0 Å². The van der Waals surface area contributed by atoms with Crippen molar-refractivity contribution in [3.63, 3.8) is 0 Å². The molecule has 2 fully saturated rings. The van der Waals surface area contributed by atoms with Crippen LogP contribution in [0, 0.1) is 0 Å². The molecular weight excluding hydrogens is 306 g/mol. The van der Waals surface area contributed by atoms with Gasteiger partial charge < -0.3 is 4.74 Å². The van der Waals surface area contributed by atoms with Gasteiger partial charge in [-0.2, -0.15) is 0 Å². The Bertz CT molecular complexity index is 605. The molecule has 0 saturated carbocycles. The van der Waals surface area contributed by atoms with Crippen LogP contribution in [0.1, 0.15) is 30.3 Å². The van der Waals surface area contributed by atoms with Crippen molar-refractivity contribution in [1.29, 1.82) is 0 Å². The largest absolute Gasteiger partial charge is 0.379 e. The average molecular weight is 331 g/mol. The van der Waals surface area contributed by atoms with Crippen LogP contribution in [0.15, 0.2) is 24.3 Å². The molecule has 3 heterocycles. The third-order valence-electron chi connectivity index (χ3n) is 4.98. The lowest BCUT2D eigenvalue weighted by atomic mass is 10.2. The van der Waals surface area contributed by atoms with E-state index in [1.54, 1.807) is 0 Å². The number of aromatic nitrogens is 1. The number of ether oxygens (including phenoxy) is 1. The lowest BCUT2D eigenvalue weighted by Crippen LogP contribution is -2.38. The van der Waals surface area contributed by atoms with Gasteiger partial charge in [0, 0.05) is 19.6 Å². The van der Waals surface area contributed by atoms with E-state index in [9.17, 15) is 0 Å². The molecule has 4 rings (SSSR count). The van der Waals surface area contributed by atoms with E-state index >= 15 is 0 Å². The Hall–Kier alpha value is -1.01. The fourth-order valence-electron chi connectivity index (χ4n) is 3.73. The summed E-state index contributed by atoms with van der Waals surface area (Å²) in [4.78, 5) is 10.1. The normalized spacial score (nSPS) is 23.7. The van der Waals surface area contributed by atoms with E-state index in [4.69, 9.17) is 9.72 Å². The molecule has 4 nitrogen and oxygen atoms in total. The van der Waals surface area contributed by atoms with Gasteiger partial charge in [0.15, 0.2) is 0 Å². The third-order valence-corrected chi connectivity index (χ3v) is 6.12. The number of thiazole rings is 1. The summed E-state index contributed by atoms with van der Waals surface area (Å²) in [6.07, 6.45) is 3.82. The average Bonchev–Trinajstić information content (AvgIpc) is 3.21. The molecule has 0 unspecified atom stereocenters. The molecular formula is C18H25N3OS. The Morgan fingerprint density at radius 3 is 2.87 bits per heavy atom. The van der Waals surface area contributed by atoms with Crippen molar-refractivity contribution in [3.05, 3.63) is 29.3 Å². The molecule has 0 bridgehead atoms. The molecule has 5 heteroatoms. The molecule has 0 N–H and O–H groups in total. The summed E-state index contributed by atoms with van der Waals surface area (Å²) < 4.78 is 6.75. The number of rotatable bonds is 5. The van der Waals surface area contributed by atoms with E-state index < -0.39 is 0 Å². The first-order chi connectivity index (χ1) is 11.4. The van der Waals surface area contributed by atoms with E-state index in [0.717, 1.165) is 31.8 Å². The molecule has 0 aliphatic carbocycles. The quantitative estimate of drug-likeness (QED) is 0.841. The van der Waals surface area contributed by atoms with Crippen molar-refractivity contribution in [2.45, 2.75) is 25.3 Å². The fourth-order valence-corrected chi connectivity index (χ4v) is 4.87. The second-order valence-corrected chi connectivity index (χ2v) is 7.58. The van der Waals surface area contributed by atoms with Crippen LogP contribution in [0.4, 0.5) is 0 Å². The third kappa shape index (κ3) is 3.58. The molecule has 0 radical (unpaired) electrons. The Morgan fingerprint density at radius 1 is 1.13 bits per heavy atom. The van der Waals surface area contributed by atoms with E-state index in [0.29, 0.717) is 6.04 Å². The highest BCUT2D eigenvalue weighted by Gasteiger charge is 2.28. The summed E-state index contributed by atoms with van der Waals surface area (Å²) >= 11 is 1.88. The van der Waals surface area contributed by atoms with Crippen molar-refractivity contribution in [1.82, 2.24) is 14.8 Å². The summed E-state index contributed by atoms with van der Waals surface area (Å²) in [6.45, 7) is 7.62. The zero-order valence-corrected chi connectivity index (χ0v) is 14.4. The van der Waals surface area contributed by atoms with Crippen molar-refractivity contribution < 1.29 is 4.74 Å². The monoisotopic (exact) mass is 331 g/mol. The summed E-state index contributed by atoms with van der Waals surface area (Å²) in [5.74, 6) is 0. The van der Waals surface area contributed by atoms with Gasteiger partial charge in [-0.25, -0.2) is 4.98 Å². The van der Waals surface area contributed by atoms with Gasteiger partial charge in [-0.1, -0.05) is 12.1 Å². The predicted octanol–water partition coefficient (Wildman–Crippen LogP) is 3.16. The van der Waals surface area contributed by atoms with E-state index in [1.165, 1.54) is 48.6 Å². The van der Waals surface area contributed by atoms with E-state index in [-0.39, 0.29) is 0 Å². The van der Waals surface area contributed by atoms with Crippen LogP contribution in [-0.2, 0) is 4.74 Å². The van der Waals surface area contributed by atoms with Gasteiger partial charge in [0.1, 0.15) is 5.01 Å². The number of likely N-dealkylation sites (tertiary alicyclic amines) is 1. The van der Waals surface area contributed by atoms with Crippen LogP contribution in [0.3, 0.4) is 0 Å². The van der Waals surface area contributed by atoms with Crippen LogP contribution in [0.2, 0.25) is 0 Å². The highest BCUT2D eigenvalue weighted by molar-refractivity contribution is 7.18. The second-order valence-electron chi connectivity index (χ2n) is 6.52. The number of para-hydroxylation sites is 1. The number of morpholine rings is 1. The van der Waals surface area contributed by atoms with Gasteiger partial charge in [-0.3, -0.25) is 9.80 Å². The Morgan fingerprint density at radius 2 is 2.00 bits per heavy atom. The van der Waals surface area contributed by atoms with Crippen LogP contribution >= 0.6 is 11.3 Å². The van der Waals surface area contributed by atoms with Gasteiger partial charge in [-0.05, 0) is 44.5 Å². The van der Waals surface area contributed by atoms with Gasteiger partial charge in [0.05, 0.1) is 29.5 Å². The maximum absolute atomic E-state index is 5.42. The highest BCUT2D eigenvalue weighted by Crippen LogP contribution is 2.36. The first kappa shape index (κ1) is 15.5. The zero-order valence-electron chi connectivity index (χ0n) is 13.6. The van der Waals surface area contributed by atoms with Gasteiger partial charge in [0.2, 0.25) is 0 Å². The van der Waals surface area contributed by atoms with Crippen LogP contribution in [-0.4, -0.2) is 60.7 Å². The molecule has 1 aromatic carbocycles. The topological polar surface area (TPSA) is 28.6 Å². The number of fused-ring (bicyclic) bond motifs is 1. The van der Waals surface area contributed by atoms with Crippen LogP contribution < -0.4 is 0 Å². The van der Waals surface area contributed by atoms with Crippen molar-refractivity contribution in [2.24, 2.45) is 0 Å². The molecule has 23 heavy (non-hydrogen) atoms. The van der Waals surface area contributed by atoms with Crippen molar-refractivity contribution in [2.75, 3.05) is 45.9 Å². The first-order valence-corrected chi connectivity index (χ1v) is 9.61. The standard InChI is InChI=1S/C18H25N3OS/c1-2-7-17-15(5-1)19-18(23-17)16-6-3-9-21(16)10-4-8-20-11-13-22-14-12-20/h1-2,5,7,16H,3-4,6,8-14H2/t16-/m1/s1. The zero-order chi connectivity index (χ0) is 15.5. The number of benzene rings is 1. The molecule has 2 saturated heterocycles. The number of hydrogen-bond donors (Lipinski definition) is 0. The molecule has 1 aromatic heterocycles. The number of hydrogen-bond acceptors (Lipinski definition) is 5. The van der Waals surface area contributed by atoms with Gasteiger partial charge in [0.25, 0.3) is 0 Å². The van der Waals surface area contributed by atoms with Crippen molar-refractivity contribution >= 4 is 21.6 Å². The summed E-state index contributed by atoms with van der Waals surface area (Å²) in [5.41, 5.74) is 1.16. The highest BCUT2D eigenvalue weighted by atomic mass is 32.1. The molecule has 0 spiro atoms. The van der Waals surface area contributed by atoms with E-state index in [2.05, 4.69) is 34.1 Å².